The maximum absolute atomic E-state index is 9.49. The van der Waals surface area contributed by atoms with Gasteiger partial charge < -0.3 is 15.7 Å². The molecule has 3 rings (SSSR count). The van der Waals surface area contributed by atoms with E-state index in [2.05, 4.69) is 11.0 Å². The molecule has 3 N–H and O–H groups in total. The van der Waals surface area contributed by atoms with Gasteiger partial charge in [0.2, 0.25) is 0 Å². The van der Waals surface area contributed by atoms with Gasteiger partial charge in [-0.05, 0) is 41.8 Å². The van der Waals surface area contributed by atoms with Crippen molar-refractivity contribution >= 4 is 11.4 Å². The summed E-state index contributed by atoms with van der Waals surface area (Å²) < 4.78 is 0. The van der Waals surface area contributed by atoms with Crippen LogP contribution < -0.4 is 10.6 Å². The molecule has 0 unspecified atom stereocenters. The largest absolute Gasteiger partial charge is 0.508 e. The van der Waals surface area contributed by atoms with Gasteiger partial charge in [0.15, 0.2) is 0 Å². The van der Waals surface area contributed by atoms with Crippen molar-refractivity contribution in [2.24, 2.45) is 0 Å². The van der Waals surface area contributed by atoms with Gasteiger partial charge in [-0.25, -0.2) is 0 Å². The van der Waals surface area contributed by atoms with Crippen LogP contribution in [0.4, 0.5) is 11.4 Å². The van der Waals surface area contributed by atoms with E-state index in [1.54, 1.807) is 6.07 Å². The number of nitrogens with two attached hydrogens (primary N) is 1. The molecule has 0 amide bonds. The number of nitrogen functional groups attached to an aromatic ring is 1. The lowest BCUT2D eigenvalue weighted by Gasteiger charge is -2.19. The normalized spacial score (nSPS) is 13.7. The summed E-state index contributed by atoms with van der Waals surface area (Å²) in [6.45, 7) is 1.82. The first-order chi connectivity index (χ1) is 8.72. The third-order valence-electron chi connectivity index (χ3n) is 3.39. The molecule has 0 aromatic heterocycles. The van der Waals surface area contributed by atoms with E-state index in [4.69, 9.17) is 5.73 Å². The van der Waals surface area contributed by atoms with E-state index in [0.717, 1.165) is 30.8 Å². The molecular formula is C15H16N2O. The van der Waals surface area contributed by atoms with Crippen molar-refractivity contribution in [3.8, 4) is 5.75 Å². The monoisotopic (exact) mass is 240 g/mol. The molecule has 3 nitrogen and oxygen atoms in total. The van der Waals surface area contributed by atoms with Gasteiger partial charge in [-0.15, -0.1) is 0 Å². The van der Waals surface area contributed by atoms with E-state index in [1.807, 2.05) is 30.3 Å². The minimum atomic E-state index is 0.319. The van der Waals surface area contributed by atoms with E-state index >= 15 is 0 Å². The van der Waals surface area contributed by atoms with Gasteiger partial charge in [-0.3, -0.25) is 0 Å². The zero-order valence-electron chi connectivity index (χ0n) is 10.1. The average Bonchev–Trinajstić information content (AvgIpc) is 2.72. The minimum absolute atomic E-state index is 0.319. The number of fused-ring (bicyclic) bond motifs is 1. The Morgan fingerprint density at radius 3 is 2.89 bits per heavy atom. The molecule has 0 saturated heterocycles. The van der Waals surface area contributed by atoms with Gasteiger partial charge in [0.1, 0.15) is 5.75 Å². The van der Waals surface area contributed by atoms with Crippen LogP contribution in [-0.4, -0.2) is 11.7 Å². The number of phenols is 1. The quantitative estimate of drug-likeness (QED) is 0.793. The predicted molar refractivity (Wildman–Crippen MR) is 73.7 cm³/mol. The standard InChI is InChI=1S/C15H16N2O/c16-13-5-4-12-6-7-17(15(12)9-13)10-11-2-1-3-14(18)8-11/h1-5,8-9,18H,6-7,10,16H2. The first-order valence-corrected chi connectivity index (χ1v) is 6.13. The van der Waals surface area contributed by atoms with E-state index in [9.17, 15) is 5.11 Å². The van der Waals surface area contributed by atoms with E-state index in [-0.39, 0.29) is 0 Å². The molecule has 0 fully saturated rings. The minimum Gasteiger partial charge on any atom is -0.508 e. The van der Waals surface area contributed by atoms with Gasteiger partial charge in [-0.2, -0.15) is 0 Å². The van der Waals surface area contributed by atoms with Gasteiger partial charge in [0.25, 0.3) is 0 Å². The number of rotatable bonds is 2. The first kappa shape index (κ1) is 11.0. The Bertz CT molecular complexity index is 580. The molecule has 2 aromatic rings. The molecule has 0 saturated carbocycles. The maximum atomic E-state index is 9.49. The maximum Gasteiger partial charge on any atom is 0.115 e. The fraction of sp³-hybridized carbons (Fsp3) is 0.200. The smallest absolute Gasteiger partial charge is 0.115 e. The van der Waals surface area contributed by atoms with Crippen molar-refractivity contribution in [1.82, 2.24) is 0 Å². The molecule has 2 aromatic carbocycles. The number of benzene rings is 2. The lowest BCUT2D eigenvalue weighted by atomic mass is 10.1. The highest BCUT2D eigenvalue weighted by Crippen LogP contribution is 2.31. The number of phenolic OH excluding ortho intramolecular Hbond substituents is 1. The molecule has 92 valence electrons. The molecule has 1 aliphatic heterocycles. The molecule has 3 heteroatoms. The fourth-order valence-electron chi connectivity index (χ4n) is 2.50. The third-order valence-corrected chi connectivity index (χ3v) is 3.39. The van der Waals surface area contributed by atoms with Crippen LogP contribution in [0.1, 0.15) is 11.1 Å². The van der Waals surface area contributed by atoms with Crippen LogP contribution in [0.25, 0.3) is 0 Å². The second-order valence-corrected chi connectivity index (χ2v) is 4.73. The zero-order valence-corrected chi connectivity index (χ0v) is 10.1. The van der Waals surface area contributed by atoms with Crippen molar-refractivity contribution in [2.45, 2.75) is 13.0 Å². The topological polar surface area (TPSA) is 49.5 Å². The number of hydrogen-bond donors (Lipinski definition) is 2. The van der Waals surface area contributed by atoms with Gasteiger partial charge in [0, 0.05) is 24.5 Å². The molecule has 18 heavy (non-hydrogen) atoms. The number of hydrogen-bond acceptors (Lipinski definition) is 3. The van der Waals surface area contributed by atoms with Gasteiger partial charge >= 0.3 is 0 Å². The second-order valence-electron chi connectivity index (χ2n) is 4.73. The summed E-state index contributed by atoms with van der Waals surface area (Å²) in [5.74, 6) is 0.319. The summed E-state index contributed by atoms with van der Waals surface area (Å²) in [4.78, 5) is 2.31. The SMILES string of the molecule is Nc1ccc2c(c1)N(Cc1cccc(O)c1)CC2. The summed E-state index contributed by atoms with van der Waals surface area (Å²) in [6.07, 6.45) is 1.06. The summed E-state index contributed by atoms with van der Waals surface area (Å²) in [5, 5.41) is 9.49. The Morgan fingerprint density at radius 1 is 1.17 bits per heavy atom. The second kappa shape index (κ2) is 4.26. The lowest BCUT2D eigenvalue weighted by Crippen LogP contribution is -2.19. The first-order valence-electron chi connectivity index (χ1n) is 6.13. The molecule has 0 spiro atoms. The molecule has 0 radical (unpaired) electrons. The Balaban J connectivity index is 1.86. The van der Waals surface area contributed by atoms with Crippen molar-refractivity contribution in [1.29, 1.82) is 0 Å². The number of aromatic hydroxyl groups is 1. The highest BCUT2D eigenvalue weighted by molar-refractivity contribution is 5.64. The van der Waals surface area contributed by atoms with Crippen LogP contribution in [-0.2, 0) is 13.0 Å². The van der Waals surface area contributed by atoms with Crippen molar-refractivity contribution in [2.75, 3.05) is 17.2 Å². The molecule has 0 aliphatic carbocycles. The van der Waals surface area contributed by atoms with Crippen LogP contribution in [0.15, 0.2) is 42.5 Å². The van der Waals surface area contributed by atoms with E-state index < -0.39 is 0 Å². The van der Waals surface area contributed by atoms with Crippen LogP contribution in [0.2, 0.25) is 0 Å². The Kier molecular flexibility index (Phi) is 2.59. The fourth-order valence-corrected chi connectivity index (χ4v) is 2.50. The highest BCUT2D eigenvalue weighted by Gasteiger charge is 2.19. The Morgan fingerprint density at radius 2 is 2.06 bits per heavy atom. The molecule has 0 atom stereocenters. The summed E-state index contributed by atoms with van der Waals surface area (Å²) in [6, 6.07) is 13.5. The van der Waals surface area contributed by atoms with Crippen LogP contribution >= 0.6 is 0 Å². The lowest BCUT2D eigenvalue weighted by molar-refractivity contribution is 0.474. The van der Waals surface area contributed by atoms with E-state index in [0.29, 0.717) is 5.75 Å². The van der Waals surface area contributed by atoms with Crippen molar-refractivity contribution in [3.63, 3.8) is 0 Å². The summed E-state index contributed by atoms with van der Waals surface area (Å²) >= 11 is 0. The van der Waals surface area contributed by atoms with Crippen LogP contribution in [0.5, 0.6) is 5.75 Å². The van der Waals surface area contributed by atoms with Crippen molar-refractivity contribution in [3.05, 3.63) is 53.6 Å². The Hall–Kier alpha value is -2.16. The Labute approximate surface area is 106 Å². The average molecular weight is 240 g/mol. The molecule has 1 heterocycles. The van der Waals surface area contributed by atoms with Gasteiger partial charge in [0.05, 0.1) is 0 Å². The number of nitrogens with zero attached hydrogens (tertiary/aromatic N) is 1. The van der Waals surface area contributed by atoms with Crippen LogP contribution in [0.3, 0.4) is 0 Å². The summed E-state index contributed by atoms with van der Waals surface area (Å²) in [5.41, 5.74) is 10.3. The molecule has 1 aliphatic rings. The summed E-state index contributed by atoms with van der Waals surface area (Å²) in [7, 11) is 0. The molecule has 0 bridgehead atoms. The molecular weight excluding hydrogens is 224 g/mol. The van der Waals surface area contributed by atoms with Crippen LogP contribution in [0, 0.1) is 0 Å². The predicted octanol–water partition coefficient (Wildman–Crippen LogP) is 2.54. The van der Waals surface area contributed by atoms with E-state index in [1.165, 1.54) is 11.3 Å². The highest BCUT2D eigenvalue weighted by atomic mass is 16.3. The van der Waals surface area contributed by atoms with Crippen molar-refractivity contribution < 1.29 is 5.11 Å². The number of anilines is 2. The zero-order chi connectivity index (χ0) is 12.5. The third kappa shape index (κ3) is 1.99. The van der Waals surface area contributed by atoms with Gasteiger partial charge in [-0.1, -0.05) is 18.2 Å².